The molecule has 174 valence electrons. The molecule has 0 aliphatic rings. The van der Waals surface area contributed by atoms with E-state index in [2.05, 4.69) is 20.4 Å². The summed E-state index contributed by atoms with van der Waals surface area (Å²) in [7, 11) is 2.69. The van der Waals surface area contributed by atoms with Gasteiger partial charge in [0.2, 0.25) is 11.8 Å². The van der Waals surface area contributed by atoms with Gasteiger partial charge in [-0.1, -0.05) is 13.8 Å². The van der Waals surface area contributed by atoms with Crippen molar-refractivity contribution in [2.75, 3.05) is 20.7 Å². The number of carbonyl (C=O) groups excluding carboxylic acids is 4. The summed E-state index contributed by atoms with van der Waals surface area (Å²) >= 11 is 0. The van der Waals surface area contributed by atoms with Gasteiger partial charge in [0.1, 0.15) is 30.5 Å². The van der Waals surface area contributed by atoms with Gasteiger partial charge in [0.25, 0.3) is 5.91 Å². The normalized spacial score (nSPS) is 13.0. The topological polar surface area (TPSA) is 140 Å². The van der Waals surface area contributed by atoms with Crippen LogP contribution in [0.3, 0.4) is 0 Å². The Morgan fingerprint density at radius 3 is 2.32 bits per heavy atom. The van der Waals surface area contributed by atoms with E-state index in [9.17, 15) is 19.2 Å². The molecule has 1 rings (SSSR count). The molecule has 11 nitrogen and oxygen atoms in total. The van der Waals surface area contributed by atoms with Crippen LogP contribution < -0.4 is 10.6 Å². The quantitative estimate of drug-likeness (QED) is 0.554. The monoisotopic (exact) mass is 440 g/mol. The molecule has 0 fully saturated rings. The van der Waals surface area contributed by atoms with E-state index >= 15 is 0 Å². The third-order valence-electron chi connectivity index (χ3n) is 4.08. The van der Waals surface area contributed by atoms with Crippen LogP contribution in [0.2, 0.25) is 0 Å². The highest BCUT2D eigenvalue weighted by Gasteiger charge is 2.26. The van der Waals surface area contributed by atoms with Gasteiger partial charge in [-0.15, -0.1) is 0 Å². The van der Waals surface area contributed by atoms with Crippen LogP contribution in [0.15, 0.2) is 10.7 Å². The minimum absolute atomic E-state index is 0.0316. The molecule has 1 heterocycles. The molecule has 2 atom stereocenters. The molecule has 0 aromatic carbocycles. The second-order valence-electron chi connectivity index (χ2n) is 7.89. The molecule has 0 radical (unpaired) electrons. The van der Waals surface area contributed by atoms with Crippen LogP contribution in [0.1, 0.15) is 69.9 Å². The van der Waals surface area contributed by atoms with Crippen LogP contribution in [0.5, 0.6) is 0 Å². The Bertz CT molecular complexity index is 785. The highest BCUT2D eigenvalue weighted by Crippen LogP contribution is 2.16. The average Bonchev–Trinajstić information content (AvgIpc) is 3.18. The lowest BCUT2D eigenvalue weighted by atomic mass is 10.2. The lowest BCUT2D eigenvalue weighted by molar-refractivity contribution is -0.143. The summed E-state index contributed by atoms with van der Waals surface area (Å²) < 4.78 is 15.2. The first-order chi connectivity index (χ1) is 14.4. The number of esters is 1. The number of ether oxygens (including phenoxy) is 2. The zero-order valence-electron chi connectivity index (χ0n) is 19.1. The van der Waals surface area contributed by atoms with Gasteiger partial charge in [-0.25, -0.2) is 14.6 Å². The van der Waals surface area contributed by atoms with E-state index in [1.807, 2.05) is 0 Å². The van der Waals surface area contributed by atoms with Gasteiger partial charge < -0.3 is 29.4 Å². The van der Waals surface area contributed by atoms with Crippen LogP contribution >= 0.6 is 0 Å². The van der Waals surface area contributed by atoms with E-state index in [0.717, 1.165) is 11.2 Å². The number of oxazole rings is 1. The van der Waals surface area contributed by atoms with E-state index in [0.29, 0.717) is 12.8 Å². The average molecular weight is 440 g/mol. The van der Waals surface area contributed by atoms with Gasteiger partial charge in [0, 0.05) is 7.05 Å². The van der Waals surface area contributed by atoms with Gasteiger partial charge in [-0.2, -0.15) is 0 Å². The molecule has 0 saturated carbocycles. The number of methoxy groups -OCH3 is 1. The van der Waals surface area contributed by atoms with Gasteiger partial charge in [-0.05, 0) is 33.6 Å². The van der Waals surface area contributed by atoms with Crippen LogP contribution in [0, 0.1) is 0 Å². The summed E-state index contributed by atoms with van der Waals surface area (Å²) in [5.74, 6) is -1.47. The first-order valence-corrected chi connectivity index (χ1v) is 9.99. The summed E-state index contributed by atoms with van der Waals surface area (Å²) in [6, 6.07) is -1.41. The Kier molecular flexibility index (Phi) is 9.47. The van der Waals surface area contributed by atoms with E-state index in [-0.39, 0.29) is 18.1 Å². The first kappa shape index (κ1) is 25.9. The fraction of sp³-hybridized carbons (Fsp3) is 0.650. The Morgan fingerprint density at radius 2 is 1.81 bits per heavy atom. The number of aromatic nitrogens is 1. The Labute approximate surface area is 181 Å². The minimum atomic E-state index is -0.803. The van der Waals surface area contributed by atoms with Crippen molar-refractivity contribution < 1.29 is 33.1 Å². The summed E-state index contributed by atoms with van der Waals surface area (Å²) in [6.07, 6.45) is 1.31. The fourth-order valence-electron chi connectivity index (χ4n) is 2.45. The smallest absolute Gasteiger partial charge is 0.410 e. The van der Waals surface area contributed by atoms with Gasteiger partial charge in [-0.3, -0.25) is 9.59 Å². The van der Waals surface area contributed by atoms with Crippen molar-refractivity contribution in [3.63, 3.8) is 0 Å². The molecule has 1 aromatic rings. The predicted octanol–water partition coefficient (Wildman–Crippen LogP) is 1.79. The van der Waals surface area contributed by atoms with Crippen molar-refractivity contribution in [3.05, 3.63) is 17.8 Å². The van der Waals surface area contributed by atoms with E-state index in [1.165, 1.54) is 14.2 Å². The summed E-state index contributed by atoms with van der Waals surface area (Å²) in [5.41, 5.74) is -0.705. The van der Waals surface area contributed by atoms with Gasteiger partial charge in [0.05, 0.1) is 7.11 Å². The number of carbonyl (C=O) groups is 4. The van der Waals surface area contributed by atoms with Crippen LogP contribution in [-0.4, -0.2) is 66.1 Å². The lowest BCUT2D eigenvalue weighted by Crippen LogP contribution is -2.42. The maximum atomic E-state index is 12.3. The number of amides is 3. The van der Waals surface area contributed by atoms with Crippen molar-refractivity contribution in [1.82, 2.24) is 20.5 Å². The van der Waals surface area contributed by atoms with Crippen LogP contribution in [0.4, 0.5) is 4.79 Å². The van der Waals surface area contributed by atoms with Crippen molar-refractivity contribution in [2.45, 2.75) is 65.1 Å². The van der Waals surface area contributed by atoms with Crippen molar-refractivity contribution >= 4 is 23.9 Å². The Hall–Kier alpha value is -3.11. The van der Waals surface area contributed by atoms with E-state index in [1.54, 1.807) is 34.6 Å². The molecule has 3 amide bonds. The largest absolute Gasteiger partial charge is 0.467 e. The highest BCUT2D eigenvalue weighted by atomic mass is 16.6. The first-order valence-electron chi connectivity index (χ1n) is 9.99. The van der Waals surface area contributed by atoms with Crippen LogP contribution in [-0.2, 0) is 19.1 Å². The number of rotatable bonds is 9. The summed E-state index contributed by atoms with van der Waals surface area (Å²) in [5, 5.41) is 5.23. The predicted molar refractivity (Wildman–Crippen MR) is 110 cm³/mol. The molecule has 0 spiro atoms. The molecule has 2 N–H and O–H groups in total. The number of nitrogens with one attached hydrogen (secondary N) is 2. The maximum absolute atomic E-state index is 12.3. The molecular weight excluding hydrogens is 408 g/mol. The van der Waals surface area contributed by atoms with E-state index < -0.39 is 41.6 Å². The second kappa shape index (κ2) is 11.3. The fourth-order valence-corrected chi connectivity index (χ4v) is 2.45. The van der Waals surface area contributed by atoms with Crippen molar-refractivity contribution in [2.24, 2.45) is 0 Å². The minimum Gasteiger partial charge on any atom is -0.467 e. The highest BCUT2D eigenvalue weighted by molar-refractivity contribution is 5.95. The molecule has 1 aromatic heterocycles. The number of likely N-dealkylation sites (N-methyl/N-ethyl adjacent to an activating group) is 1. The number of hydrogen-bond donors (Lipinski definition) is 2. The SMILES string of the molecule is CC[C@H](NC(=O)c1coc([C@H](CC)NC(=O)CN(C)C(=O)OC(C)(C)C)n1)C(=O)OC. The third-order valence-corrected chi connectivity index (χ3v) is 4.08. The molecule has 0 unspecified atom stereocenters. The Balaban J connectivity index is 2.74. The molecule has 0 aliphatic carbocycles. The Morgan fingerprint density at radius 1 is 1.16 bits per heavy atom. The number of nitrogens with zero attached hydrogens (tertiary/aromatic N) is 2. The molecule has 0 saturated heterocycles. The number of hydrogen-bond acceptors (Lipinski definition) is 8. The molecule has 11 heteroatoms. The zero-order chi connectivity index (χ0) is 23.8. The zero-order valence-corrected chi connectivity index (χ0v) is 19.1. The standard InChI is InChI=1S/C20H32N4O7/c1-8-12(21-15(25)10-24(6)19(28)31-20(3,4)5)17-23-14(11-30-17)16(26)22-13(9-2)18(27)29-7/h11-13H,8-10H2,1-7H3,(H,21,25)(H,22,26)/t12-,13-/m0/s1. The third kappa shape index (κ3) is 8.27. The lowest BCUT2D eigenvalue weighted by Gasteiger charge is -2.24. The summed E-state index contributed by atoms with van der Waals surface area (Å²) in [4.78, 5) is 53.6. The van der Waals surface area contributed by atoms with E-state index in [4.69, 9.17) is 9.15 Å². The molecule has 0 bridgehead atoms. The second-order valence-corrected chi connectivity index (χ2v) is 7.89. The van der Waals surface area contributed by atoms with Crippen molar-refractivity contribution in [3.8, 4) is 0 Å². The van der Waals surface area contributed by atoms with Gasteiger partial charge >= 0.3 is 12.1 Å². The summed E-state index contributed by atoms with van der Waals surface area (Å²) in [6.45, 7) is 8.50. The van der Waals surface area contributed by atoms with Gasteiger partial charge in [0.15, 0.2) is 5.69 Å². The molecule has 31 heavy (non-hydrogen) atoms. The maximum Gasteiger partial charge on any atom is 0.410 e. The molecule has 0 aliphatic heterocycles. The van der Waals surface area contributed by atoms with Crippen molar-refractivity contribution in [1.29, 1.82) is 0 Å². The molecular formula is C20H32N4O7. The van der Waals surface area contributed by atoms with Crippen LogP contribution in [0.25, 0.3) is 0 Å².